The zero-order valence-corrected chi connectivity index (χ0v) is 19.8. The normalized spacial score (nSPS) is 18.4. The maximum absolute atomic E-state index is 13.3. The first-order valence-corrected chi connectivity index (χ1v) is 12.0. The zero-order chi connectivity index (χ0) is 25.4. The third kappa shape index (κ3) is 4.14. The molecule has 7 heteroatoms. The van der Waals surface area contributed by atoms with Crippen molar-refractivity contribution >= 4 is 23.1 Å². The summed E-state index contributed by atoms with van der Waals surface area (Å²) in [5, 5.41) is 11.3. The largest absolute Gasteiger partial charge is 0.507 e. The van der Waals surface area contributed by atoms with Crippen molar-refractivity contribution < 1.29 is 28.6 Å². The number of ketones is 1. The monoisotopic (exact) mass is 493 g/mol. The van der Waals surface area contributed by atoms with Crippen LogP contribution in [0, 0.1) is 0 Å². The highest BCUT2D eigenvalue weighted by molar-refractivity contribution is 6.51. The van der Waals surface area contributed by atoms with Crippen molar-refractivity contribution in [2.24, 2.45) is 0 Å². The molecule has 1 unspecified atom stereocenters. The number of amides is 1. The van der Waals surface area contributed by atoms with Crippen LogP contribution in [0.5, 0.6) is 17.2 Å². The summed E-state index contributed by atoms with van der Waals surface area (Å²) in [6.07, 6.45) is 3.16. The molecule has 0 saturated carbocycles. The second kappa shape index (κ2) is 9.35. The van der Waals surface area contributed by atoms with Gasteiger partial charge >= 0.3 is 0 Å². The molecule has 37 heavy (non-hydrogen) atoms. The van der Waals surface area contributed by atoms with Crippen molar-refractivity contribution in [1.82, 2.24) is 0 Å². The molecule has 6 rings (SSSR count). The van der Waals surface area contributed by atoms with E-state index in [9.17, 15) is 14.7 Å². The van der Waals surface area contributed by atoms with Crippen LogP contribution >= 0.6 is 0 Å². The average molecular weight is 494 g/mol. The number of hydrogen-bond acceptors (Lipinski definition) is 6. The summed E-state index contributed by atoms with van der Waals surface area (Å²) >= 11 is 0. The van der Waals surface area contributed by atoms with Crippen LogP contribution in [0.25, 0.3) is 5.76 Å². The fourth-order valence-electron chi connectivity index (χ4n) is 4.78. The highest BCUT2D eigenvalue weighted by Gasteiger charge is 2.48. The van der Waals surface area contributed by atoms with Crippen molar-refractivity contribution in [1.29, 1.82) is 0 Å². The zero-order valence-electron chi connectivity index (χ0n) is 19.8. The summed E-state index contributed by atoms with van der Waals surface area (Å²) in [5.74, 6) is 0.618. The molecule has 1 atom stereocenters. The molecular formula is C30H23NO6. The number of hydrogen-bond donors (Lipinski definition) is 1. The summed E-state index contributed by atoms with van der Waals surface area (Å²) in [6.45, 7) is 0.650. The minimum atomic E-state index is -0.928. The molecule has 0 spiro atoms. The Bertz CT molecular complexity index is 1490. The van der Waals surface area contributed by atoms with Crippen molar-refractivity contribution in [3.05, 3.63) is 114 Å². The lowest BCUT2D eigenvalue weighted by Crippen LogP contribution is -2.29. The molecule has 0 radical (unpaired) electrons. The fraction of sp³-hybridized carbons (Fsp3) is 0.133. The van der Waals surface area contributed by atoms with Crippen LogP contribution in [0.1, 0.15) is 29.3 Å². The molecule has 4 aromatic rings. The van der Waals surface area contributed by atoms with Gasteiger partial charge in [0.15, 0.2) is 0 Å². The number of Topliss-reactive ketones (excluding diaryl/α,β-unsaturated/α-hetero) is 1. The molecule has 1 fully saturated rings. The number of para-hydroxylation sites is 1. The molecule has 1 saturated heterocycles. The average Bonchev–Trinajstić information content (AvgIpc) is 3.56. The third-order valence-corrected chi connectivity index (χ3v) is 6.53. The molecular weight excluding hydrogens is 470 g/mol. The molecule has 184 valence electrons. The Labute approximate surface area is 213 Å². The summed E-state index contributed by atoms with van der Waals surface area (Å²) in [6, 6.07) is 23.9. The van der Waals surface area contributed by atoms with E-state index in [2.05, 4.69) is 0 Å². The highest BCUT2D eigenvalue weighted by atomic mass is 16.5. The van der Waals surface area contributed by atoms with Gasteiger partial charge in [0.1, 0.15) is 34.8 Å². The minimum absolute atomic E-state index is 0.0266. The molecule has 0 bridgehead atoms. The van der Waals surface area contributed by atoms with E-state index in [1.807, 2.05) is 36.4 Å². The first-order chi connectivity index (χ1) is 18.1. The molecule has 2 aliphatic rings. The van der Waals surface area contributed by atoms with Crippen molar-refractivity contribution in [2.75, 3.05) is 11.5 Å². The summed E-state index contributed by atoms with van der Waals surface area (Å²) in [5.41, 5.74) is 1.85. The molecule has 7 nitrogen and oxygen atoms in total. The molecule has 3 aromatic carbocycles. The highest BCUT2D eigenvalue weighted by Crippen LogP contribution is 2.43. The maximum atomic E-state index is 13.3. The quantitative estimate of drug-likeness (QED) is 0.208. The van der Waals surface area contributed by atoms with E-state index in [-0.39, 0.29) is 11.3 Å². The van der Waals surface area contributed by atoms with Crippen LogP contribution in [-0.4, -0.2) is 23.4 Å². The lowest BCUT2D eigenvalue weighted by Gasteiger charge is -2.24. The van der Waals surface area contributed by atoms with Gasteiger partial charge in [0.25, 0.3) is 11.7 Å². The van der Waals surface area contributed by atoms with Crippen LogP contribution in [0.15, 0.2) is 101 Å². The van der Waals surface area contributed by atoms with Gasteiger partial charge in [-0.2, -0.15) is 0 Å². The first-order valence-electron chi connectivity index (χ1n) is 12.0. The molecule has 1 amide bonds. The lowest BCUT2D eigenvalue weighted by molar-refractivity contribution is -0.132. The Morgan fingerprint density at radius 1 is 0.919 bits per heavy atom. The number of nitrogens with zero attached hydrogens (tertiary/aromatic N) is 1. The number of carbonyl (C=O) groups is 2. The van der Waals surface area contributed by atoms with Crippen LogP contribution < -0.4 is 14.4 Å². The number of rotatable bonds is 5. The first kappa shape index (κ1) is 22.7. The number of ether oxygens (including phenoxy) is 2. The van der Waals surface area contributed by atoms with Crippen molar-refractivity contribution in [2.45, 2.75) is 18.9 Å². The lowest BCUT2D eigenvalue weighted by atomic mass is 9.96. The predicted octanol–water partition coefficient (Wildman–Crippen LogP) is 6.02. The summed E-state index contributed by atoms with van der Waals surface area (Å²) in [7, 11) is 0. The van der Waals surface area contributed by atoms with E-state index < -0.39 is 17.7 Å². The Morgan fingerprint density at radius 2 is 1.70 bits per heavy atom. The molecule has 1 N–H and O–H groups in total. The smallest absolute Gasteiger partial charge is 0.300 e. The van der Waals surface area contributed by atoms with Crippen LogP contribution in [0.2, 0.25) is 0 Å². The number of aliphatic hydroxyl groups excluding tert-OH is 1. The van der Waals surface area contributed by atoms with Crippen molar-refractivity contribution in [3.63, 3.8) is 0 Å². The van der Waals surface area contributed by atoms with Gasteiger partial charge in [0.2, 0.25) is 0 Å². The SMILES string of the molecule is O=C1C(=O)N(c2ccc(Oc3ccccc3)cc2)C(c2ccco2)/C1=C(/O)c1ccc2c(c1)CCCO2. The van der Waals surface area contributed by atoms with E-state index in [0.29, 0.717) is 35.1 Å². The van der Waals surface area contributed by atoms with E-state index in [1.165, 1.54) is 11.2 Å². The number of fused-ring (bicyclic) bond motifs is 1. The predicted molar refractivity (Wildman–Crippen MR) is 137 cm³/mol. The van der Waals surface area contributed by atoms with Crippen LogP contribution in [0.4, 0.5) is 5.69 Å². The Balaban J connectivity index is 1.39. The van der Waals surface area contributed by atoms with Gasteiger partial charge in [-0.15, -0.1) is 0 Å². The van der Waals surface area contributed by atoms with Crippen LogP contribution in [-0.2, 0) is 16.0 Å². The topological polar surface area (TPSA) is 89.2 Å². The number of aryl methyl sites for hydroxylation is 1. The summed E-state index contributed by atoms with van der Waals surface area (Å²) < 4.78 is 17.2. The van der Waals surface area contributed by atoms with Crippen LogP contribution in [0.3, 0.4) is 0 Å². The number of anilines is 1. The third-order valence-electron chi connectivity index (χ3n) is 6.53. The van der Waals surface area contributed by atoms with E-state index in [0.717, 1.165) is 24.2 Å². The molecule has 0 aliphatic carbocycles. The van der Waals surface area contributed by atoms with Gasteiger partial charge in [0, 0.05) is 11.3 Å². The molecule has 2 aliphatic heterocycles. The van der Waals surface area contributed by atoms with Crippen molar-refractivity contribution in [3.8, 4) is 17.2 Å². The molecule has 1 aromatic heterocycles. The summed E-state index contributed by atoms with van der Waals surface area (Å²) in [4.78, 5) is 28.0. The number of carbonyl (C=O) groups excluding carboxylic acids is 2. The van der Waals surface area contributed by atoms with Gasteiger partial charge in [-0.05, 0) is 85.1 Å². The maximum Gasteiger partial charge on any atom is 0.300 e. The van der Waals surface area contributed by atoms with Gasteiger partial charge in [-0.3, -0.25) is 14.5 Å². The number of aliphatic hydroxyl groups is 1. The second-order valence-electron chi connectivity index (χ2n) is 8.87. The van der Waals surface area contributed by atoms with Gasteiger partial charge in [0.05, 0.1) is 18.4 Å². The number of furan rings is 1. The van der Waals surface area contributed by atoms with Gasteiger partial charge < -0.3 is 19.0 Å². The van der Waals surface area contributed by atoms with E-state index >= 15 is 0 Å². The fourth-order valence-corrected chi connectivity index (χ4v) is 4.78. The Kier molecular flexibility index (Phi) is 5.73. The van der Waals surface area contributed by atoms with Gasteiger partial charge in [-0.25, -0.2) is 0 Å². The van der Waals surface area contributed by atoms with E-state index in [1.54, 1.807) is 48.5 Å². The number of benzene rings is 3. The Hall–Kier alpha value is -4.78. The standard InChI is InChI=1S/C30H23NO6/c32-28(20-10-15-24-19(18-20)6-4-16-35-24)26-27(25-9-5-17-36-25)31(30(34)29(26)33)21-11-13-23(14-12-21)37-22-7-2-1-3-8-22/h1-3,5,7-15,17-18,27,32H,4,6,16H2/b28-26-. The van der Waals surface area contributed by atoms with Gasteiger partial charge in [-0.1, -0.05) is 18.2 Å². The molecule has 3 heterocycles. The van der Waals surface area contributed by atoms with E-state index in [4.69, 9.17) is 13.9 Å². The Morgan fingerprint density at radius 3 is 2.46 bits per heavy atom. The minimum Gasteiger partial charge on any atom is -0.507 e. The second-order valence-corrected chi connectivity index (χ2v) is 8.87.